The number of likely N-dealkylation sites (tertiary alicyclic amines) is 1. The van der Waals surface area contributed by atoms with Gasteiger partial charge >= 0.3 is 0 Å². The lowest BCUT2D eigenvalue weighted by Gasteiger charge is -2.21. The van der Waals surface area contributed by atoms with E-state index in [1.807, 2.05) is 4.90 Å². The van der Waals surface area contributed by atoms with Gasteiger partial charge in [0.15, 0.2) is 0 Å². The van der Waals surface area contributed by atoms with Crippen molar-refractivity contribution in [3.8, 4) is 0 Å². The lowest BCUT2D eigenvalue weighted by Crippen LogP contribution is -2.16. The maximum atomic E-state index is 9.15. The largest absolute Gasteiger partial charge is 0.459 e. The topological polar surface area (TPSA) is 23.5 Å². The van der Waals surface area contributed by atoms with Gasteiger partial charge in [-0.3, -0.25) is 7.05 Å². The number of hydrogen-bond acceptors (Lipinski definition) is 2. The van der Waals surface area contributed by atoms with E-state index in [0.29, 0.717) is 0 Å². The molecule has 0 aromatic rings. The van der Waals surface area contributed by atoms with Crippen molar-refractivity contribution < 1.29 is 5.11 Å². The minimum atomic E-state index is -0.0725. The molecule has 54 valence electrons. The van der Waals surface area contributed by atoms with E-state index in [1.54, 1.807) is 0 Å². The molecule has 1 atom stereocenters. The van der Waals surface area contributed by atoms with Crippen molar-refractivity contribution in [2.45, 2.75) is 25.4 Å². The van der Waals surface area contributed by atoms with Gasteiger partial charge in [0, 0.05) is 0 Å². The van der Waals surface area contributed by atoms with E-state index in [2.05, 4.69) is 7.05 Å². The van der Waals surface area contributed by atoms with Crippen molar-refractivity contribution in [1.82, 2.24) is 4.90 Å². The average Bonchev–Trinajstić information content (AvgIpc) is 1.97. The highest BCUT2D eigenvalue weighted by atomic mass is 16.3. The molecule has 1 aliphatic heterocycles. The molecule has 2 heteroatoms. The molecule has 0 bridgehead atoms. The molecule has 0 spiro atoms. The quantitative estimate of drug-likeness (QED) is 0.483. The van der Waals surface area contributed by atoms with Crippen molar-refractivity contribution >= 4 is 0 Å². The highest BCUT2D eigenvalue weighted by Gasteiger charge is 2.07. The van der Waals surface area contributed by atoms with Crippen molar-refractivity contribution in [3.63, 3.8) is 0 Å². The van der Waals surface area contributed by atoms with E-state index in [4.69, 9.17) is 5.11 Å². The Labute approximate surface area is 56.5 Å². The van der Waals surface area contributed by atoms with Crippen LogP contribution in [0.5, 0.6) is 0 Å². The molecular formula is C7H14NO-. The van der Waals surface area contributed by atoms with Crippen LogP contribution in [0.4, 0.5) is 0 Å². The summed E-state index contributed by atoms with van der Waals surface area (Å²) in [6, 6.07) is 0. The second kappa shape index (κ2) is 3.18. The number of hydrogen-bond donors (Lipinski definition) is 1. The van der Waals surface area contributed by atoms with Gasteiger partial charge in [-0.05, 0) is 32.4 Å². The van der Waals surface area contributed by atoms with Crippen LogP contribution in [0.2, 0.25) is 0 Å². The summed E-state index contributed by atoms with van der Waals surface area (Å²) in [4.78, 5) is 2.02. The zero-order chi connectivity index (χ0) is 6.69. The van der Waals surface area contributed by atoms with Crippen molar-refractivity contribution in [1.29, 1.82) is 0 Å². The maximum Gasteiger partial charge on any atom is 0.0552 e. The van der Waals surface area contributed by atoms with Crippen molar-refractivity contribution in [3.05, 3.63) is 7.05 Å². The molecule has 0 radical (unpaired) electrons. The fourth-order valence-electron chi connectivity index (χ4n) is 1.14. The molecule has 1 aliphatic rings. The molecule has 0 amide bonds. The Bertz CT molecular complexity index is 75.0. The number of rotatable bonds is 0. The van der Waals surface area contributed by atoms with Crippen LogP contribution < -0.4 is 0 Å². The Morgan fingerprint density at radius 3 is 2.89 bits per heavy atom. The third kappa shape index (κ3) is 2.33. The van der Waals surface area contributed by atoms with Crippen LogP contribution in [-0.4, -0.2) is 29.2 Å². The van der Waals surface area contributed by atoms with Gasteiger partial charge in [0.2, 0.25) is 0 Å². The second-order valence-corrected chi connectivity index (χ2v) is 2.70. The van der Waals surface area contributed by atoms with Crippen molar-refractivity contribution in [2.75, 3.05) is 13.1 Å². The van der Waals surface area contributed by atoms with E-state index in [9.17, 15) is 0 Å². The first-order chi connectivity index (χ1) is 4.29. The Balaban J connectivity index is 2.25. The minimum absolute atomic E-state index is 0.0725. The van der Waals surface area contributed by atoms with Gasteiger partial charge in [0.25, 0.3) is 0 Å². The van der Waals surface area contributed by atoms with Crippen LogP contribution >= 0.6 is 0 Å². The highest BCUT2D eigenvalue weighted by Crippen LogP contribution is 2.08. The summed E-state index contributed by atoms with van der Waals surface area (Å²) in [5.41, 5.74) is 0. The predicted octanol–water partition coefficient (Wildman–Crippen LogP) is 0.625. The van der Waals surface area contributed by atoms with Gasteiger partial charge in [-0.15, -0.1) is 0 Å². The molecule has 1 heterocycles. The smallest absolute Gasteiger partial charge is 0.0552 e. The first-order valence-corrected chi connectivity index (χ1v) is 3.52. The molecule has 0 saturated carbocycles. The second-order valence-electron chi connectivity index (χ2n) is 2.70. The summed E-state index contributed by atoms with van der Waals surface area (Å²) in [7, 11) is 3.81. The monoisotopic (exact) mass is 128 g/mol. The Morgan fingerprint density at radius 2 is 2.11 bits per heavy atom. The zero-order valence-corrected chi connectivity index (χ0v) is 5.71. The van der Waals surface area contributed by atoms with E-state index in [0.717, 1.165) is 32.4 Å². The minimum Gasteiger partial charge on any atom is -0.459 e. The predicted molar refractivity (Wildman–Crippen MR) is 36.8 cm³/mol. The summed E-state index contributed by atoms with van der Waals surface area (Å²) in [6.45, 7) is 1.98. The van der Waals surface area contributed by atoms with Gasteiger partial charge in [-0.2, -0.15) is 0 Å². The third-order valence-corrected chi connectivity index (χ3v) is 1.79. The summed E-state index contributed by atoms with van der Waals surface area (Å²) >= 11 is 0. The van der Waals surface area contributed by atoms with Crippen LogP contribution in [0.25, 0.3) is 0 Å². The lowest BCUT2D eigenvalue weighted by molar-refractivity contribution is 0.158. The van der Waals surface area contributed by atoms with E-state index in [1.165, 1.54) is 0 Å². The summed E-state index contributed by atoms with van der Waals surface area (Å²) in [5.74, 6) is 0. The Kier molecular flexibility index (Phi) is 2.49. The van der Waals surface area contributed by atoms with Gasteiger partial charge in [0.1, 0.15) is 0 Å². The molecule has 1 unspecified atom stereocenters. The molecular weight excluding hydrogens is 114 g/mol. The van der Waals surface area contributed by atoms with E-state index < -0.39 is 0 Å². The van der Waals surface area contributed by atoms with Crippen LogP contribution in [0, 0.1) is 7.05 Å². The van der Waals surface area contributed by atoms with Crippen LogP contribution in [-0.2, 0) is 0 Å². The lowest BCUT2D eigenvalue weighted by atomic mass is 10.2. The van der Waals surface area contributed by atoms with Crippen LogP contribution in [0.1, 0.15) is 19.3 Å². The van der Waals surface area contributed by atoms with Gasteiger partial charge in [0.05, 0.1) is 6.10 Å². The average molecular weight is 128 g/mol. The molecule has 0 aromatic carbocycles. The first-order valence-electron chi connectivity index (χ1n) is 3.52. The summed E-state index contributed by atoms with van der Waals surface area (Å²) in [6.07, 6.45) is 2.86. The normalized spacial score (nSPS) is 32.0. The molecule has 1 fully saturated rings. The third-order valence-electron chi connectivity index (χ3n) is 1.79. The van der Waals surface area contributed by atoms with E-state index in [-0.39, 0.29) is 6.10 Å². The maximum absolute atomic E-state index is 9.15. The molecule has 1 N–H and O–H groups in total. The first kappa shape index (κ1) is 7.03. The highest BCUT2D eigenvalue weighted by molar-refractivity contribution is 4.67. The number of aliphatic hydroxyl groups is 1. The Morgan fingerprint density at radius 1 is 1.33 bits per heavy atom. The SMILES string of the molecule is [CH2-]N1CCCC(O)CC1. The standard InChI is InChI=1S/C7H14NO/c1-8-5-2-3-7(9)4-6-8/h7,9H,1-6H2/q-1. The molecule has 0 aromatic heterocycles. The fraction of sp³-hybridized carbons (Fsp3) is 0.857. The van der Waals surface area contributed by atoms with Gasteiger partial charge in [-0.25, -0.2) is 0 Å². The van der Waals surface area contributed by atoms with Gasteiger partial charge < -0.3 is 10.0 Å². The molecule has 2 nitrogen and oxygen atoms in total. The molecule has 1 rings (SSSR count). The molecule has 0 aliphatic carbocycles. The molecule has 1 saturated heterocycles. The number of aliphatic hydroxyl groups excluding tert-OH is 1. The summed E-state index contributed by atoms with van der Waals surface area (Å²) in [5, 5.41) is 9.15. The van der Waals surface area contributed by atoms with E-state index >= 15 is 0 Å². The fourth-order valence-corrected chi connectivity index (χ4v) is 1.14. The van der Waals surface area contributed by atoms with Crippen molar-refractivity contribution in [2.24, 2.45) is 0 Å². The zero-order valence-electron chi connectivity index (χ0n) is 5.71. The van der Waals surface area contributed by atoms with Crippen LogP contribution in [0.15, 0.2) is 0 Å². The Hall–Kier alpha value is -0.0800. The molecule has 9 heavy (non-hydrogen) atoms. The van der Waals surface area contributed by atoms with Crippen LogP contribution in [0.3, 0.4) is 0 Å². The van der Waals surface area contributed by atoms with Gasteiger partial charge in [-0.1, -0.05) is 0 Å². The number of nitrogens with zero attached hydrogens (tertiary/aromatic N) is 1. The summed E-state index contributed by atoms with van der Waals surface area (Å²) < 4.78 is 0.